The van der Waals surface area contributed by atoms with Crippen LogP contribution in [0.25, 0.3) is 0 Å². The number of amides is 1. The Morgan fingerprint density at radius 2 is 1.83 bits per heavy atom. The van der Waals surface area contributed by atoms with Crippen molar-refractivity contribution in [2.45, 2.75) is 26.2 Å². The van der Waals surface area contributed by atoms with E-state index in [0.717, 1.165) is 34.9 Å². The molecule has 2 nitrogen and oxygen atoms in total. The molecule has 3 fully saturated rings. The number of nitrogens with one attached hydrogen (secondary N) is 1. The maximum absolute atomic E-state index is 12.3. The molecule has 1 amide bonds. The van der Waals surface area contributed by atoms with Crippen molar-refractivity contribution in [3.63, 3.8) is 0 Å². The molecule has 3 aliphatic rings. The fraction of sp³-hybridized carbons (Fsp3) is 0.562. The Labute approximate surface area is 108 Å². The van der Waals surface area contributed by atoms with E-state index in [1.807, 2.05) is 31.2 Å². The van der Waals surface area contributed by atoms with Crippen LogP contribution in [-0.4, -0.2) is 5.91 Å². The van der Waals surface area contributed by atoms with Crippen molar-refractivity contribution in [2.75, 3.05) is 5.32 Å². The van der Waals surface area contributed by atoms with Gasteiger partial charge in [0, 0.05) is 11.6 Å². The molecule has 18 heavy (non-hydrogen) atoms. The summed E-state index contributed by atoms with van der Waals surface area (Å²) in [6, 6.07) is 8.05. The Morgan fingerprint density at radius 1 is 1.17 bits per heavy atom. The van der Waals surface area contributed by atoms with Gasteiger partial charge >= 0.3 is 0 Å². The molecule has 0 aromatic heterocycles. The standard InChI is InChI=1S/C16H19NO/c1-9-4-2-3-5-12(9)17-16(18)15-13-10-6-7-11(8-10)14(13)15/h2-5,10-11,13-15H,6-8H2,1H3,(H,17,18)/t10-,11-,13+,14+/m1/s1. The van der Waals surface area contributed by atoms with Crippen molar-refractivity contribution in [3.05, 3.63) is 29.8 Å². The molecule has 1 N–H and O–H groups in total. The molecule has 94 valence electrons. The fourth-order valence-corrected chi connectivity index (χ4v) is 4.60. The highest BCUT2D eigenvalue weighted by Gasteiger charge is 2.67. The molecule has 1 aromatic rings. The van der Waals surface area contributed by atoms with Crippen LogP contribution in [0.2, 0.25) is 0 Å². The van der Waals surface area contributed by atoms with Gasteiger partial charge in [0.05, 0.1) is 0 Å². The summed E-state index contributed by atoms with van der Waals surface area (Å²) in [5, 5.41) is 3.13. The minimum Gasteiger partial charge on any atom is -0.326 e. The first-order valence-corrected chi connectivity index (χ1v) is 7.12. The number of aryl methyl sites for hydroxylation is 1. The molecule has 4 atom stereocenters. The Kier molecular flexibility index (Phi) is 2.12. The first-order chi connectivity index (χ1) is 8.75. The number of carbonyl (C=O) groups is 1. The van der Waals surface area contributed by atoms with Gasteiger partial charge in [0.15, 0.2) is 0 Å². The van der Waals surface area contributed by atoms with Gasteiger partial charge in [-0.25, -0.2) is 0 Å². The van der Waals surface area contributed by atoms with Crippen molar-refractivity contribution >= 4 is 11.6 Å². The van der Waals surface area contributed by atoms with E-state index in [1.165, 1.54) is 19.3 Å². The Hall–Kier alpha value is -1.31. The van der Waals surface area contributed by atoms with E-state index in [2.05, 4.69) is 5.32 Å². The molecule has 3 aliphatic carbocycles. The van der Waals surface area contributed by atoms with Crippen LogP contribution in [0.5, 0.6) is 0 Å². The predicted octanol–water partition coefficient (Wildman–Crippen LogP) is 3.23. The molecule has 0 aliphatic heterocycles. The zero-order valence-corrected chi connectivity index (χ0v) is 10.7. The summed E-state index contributed by atoms with van der Waals surface area (Å²) in [7, 11) is 0. The topological polar surface area (TPSA) is 29.1 Å². The summed E-state index contributed by atoms with van der Waals surface area (Å²) in [5.74, 6) is 3.80. The molecule has 4 rings (SSSR count). The fourth-order valence-electron chi connectivity index (χ4n) is 4.60. The normalized spacial score (nSPS) is 39.5. The molecular formula is C16H19NO. The molecule has 2 heteroatoms. The summed E-state index contributed by atoms with van der Waals surface area (Å²) in [4.78, 5) is 12.3. The summed E-state index contributed by atoms with van der Waals surface area (Å²) in [5.41, 5.74) is 2.14. The van der Waals surface area contributed by atoms with Gasteiger partial charge in [-0.05, 0) is 61.5 Å². The van der Waals surface area contributed by atoms with E-state index in [1.54, 1.807) is 0 Å². The number of hydrogen-bond acceptors (Lipinski definition) is 1. The third-order valence-corrected chi connectivity index (χ3v) is 5.44. The summed E-state index contributed by atoms with van der Waals surface area (Å²) >= 11 is 0. The van der Waals surface area contributed by atoms with E-state index in [4.69, 9.17) is 0 Å². The lowest BCUT2D eigenvalue weighted by Crippen LogP contribution is -2.19. The molecule has 0 heterocycles. The molecule has 0 radical (unpaired) electrons. The Bertz CT molecular complexity index is 494. The quantitative estimate of drug-likeness (QED) is 0.846. The van der Waals surface area contributed by atoms with Gasteiger partial charge in [0.1, 0.15) is 0 Å². The highest BCUT2D eigenvalue weighted by atomic mass is 16.2. The Morgan fingerprint density at radius 3 is 2.50 bits per heavy atom. The molecule has 1 aromatic carbocycles. The average Bonchev–Trinajstić information content (AvgIpc) is 2.82. The van der Waals surface area contributed by atoms with Gasteiger partial charge in [-0.15, -0.1) is 0 Å². The lowest BCUT2D eigenvalue weighted by Gasteiger charge is -2.11. The molecule has 3 saturated carbocycles. The van der Waals surface area contributed by atoms with Crippen LogP contribution in [0, 0.1) is 36.5 Å². The third-order valence-electron chi connectivity index (χ3n) is 5.44. The van der Waals surface area contributed by atoms with Gasteiger partial charge in [-0.3, -0.25) is 4.79 Å². The minimum atomic E-state index is 0.274. The second kappa shape index (κ2) is 3.59. The number of hydrogen-bond donors (Lipinski definition) is 1. The number of rotatable bonds is 2. The van der Waals surface area contributed by atoms with Crippen LogP contribution in [-0.2, 0) is 4.79 Å². The third kappa shape index (κ3) is 1.38. The highest BCUT2D eigenvalue weighted by Crippen LogP contribution is 2.69. The summed E-state index contributed by atoms with van der Waals surface area (Å²) in [6.45, 7) is 2.05. The monoisotopic (exact) mass is 241 g/mol. The summed E-state index contributed by atoms with van der Waals surface area (Å²) < 4.78 is 0. The van der Waals surface area contributed by atoms with E-state index in [-0.39, 0.29) is 5.91 Å². The lowest BCUT2D eigenvalue weighted by atomic mass is 10.0. The average molecular weight is 241 g/mol. The summed E-state index contributed by atoms with van der Waals surface area (Å²) in [6.07, 6.45) is 4.16. The first-order valence-electron chi connectivity index (χ1n) is 7.12. The second-order valence-electron chi connectivity index (χ2n) is 6.32. The molecule has 0 spiro atoms. The van der Waals surface area contributed by atoms with Gasteiger partial charge in [-0.1, -0.05) is 18.2 Å². The van der Waals surface area contributed by atoms with Crippen LogP contribution in [0.4, 0.5) is 5.69 Å². The van der Waals surface area contributed by atoms with Crippen molar-refractivity contribution in [1.29, 1.82) is 0 Å². The van der Waals surface area contributed by atoms with Crippen molar-refractivity contribution in [1.82, 2.24) is 0 Å². The predicted molar refractivity (Wildman–Crippen MR) is 71.1 cm³/mol. The van der Waals surface area contributed by atoms with Crippen LogP contribution in [0.3, 0.4) is 0 Å². The minimum absolute atomic E-state index is 0.274. The molecule has 2 bridgehead atoms. The van der Waals surface area contributed by atoms with Gasteiger partial charge in [0.25, 0.3) is 0 Å². The molecular weight excluding hydrogens is 222 g/mol. The number of para-hydroxylation sites is 1. The largest absolute Gasteiger partial charge is 0.326 e. The lowest BCUT2D eigenvalue weighted by molar-refractivity contribution is -0.118. The van der Waals surface area contributed by atoms with Crippen LogP contribution >= 0.6 is 0 Å². The van der Waals surface area contributed by atoms with E-state index in [0.29, 0.717) is 5.92 Å². The van der Waals surface area contributed by atoms with E-state index < -0.39 is 0 Å². The number of fused-ring (bicyclic) bond motifs is 5. The van der Waals surface area contributed by atoms with Gasteiger partial charge < -0.3 is 5.32 Å². The van der Waals surface area contributed by atoms with Crippen molar-refractivity contribution in [3.8, 4) is 0 Å². The number of carbonyl (C=O) groups excluding carboxylic acids is 1. The first kappa shape index (κ1) is 10.6. The number of benzene rings is 1. The molecule has 0 saturated heterocycles. The maximum Gasteiger partial charge on any atom is 0.228 e. The van der Waals surface area contributed by atoms with Crippen LogP contribution in [0.1, 0.15) is 24.8 Å². The molecule has 0 unspecified atom stereocenters. The van der Waals surface area contributed by atoms with Crippen LogP contribution < -0.4 is 5.32 Å². The van der Waals surface area contributed by atoms with Gasteiger partial charge in [0.2, 0.25) is 5.91 Å². The van der Waals surface area contributed by atoms with E-state index >= 15 is 0 Å². The zero-order valence-electron chi connectivity index (χ0n) is 10.7. The maximum atomic E-state index is 12.3. The van der Waals surface area contributed by atoms with E-state index in [9.17, 15) is 4.79 Å². The second-order valence-corrected chi connectivity index (χ2v) is 6.32. The van der Waals surface area contributed by atoms with Crippen molar-refractivity contribution < 1.29 is 4.79 Å². The Balaban J connectivity index is 1.48. The number of anilines is 1. The zero-order chi connectivity index (χ0) is 12.3. The smallest absolute Gasteiger partial charge is 0.228 e. The highest BCUT2D eigenvalue weighted by molar-refractivity contribution is 5.95. The van der Waals surface area contributed by atoms with Crippen LogP contribution in [0.15, 0.2) is 24.3 Å². The van der Waals surface area contributed by atoms with Crippen molar-refractivity contribution in [2.24, 2.45) is 29.6 Å². The SMILES string of the molecule is Cc1ccccc1NC(=O)C1[C@H]2[C@@H]3CC[C@H](C3)[C@H]12. The van der Waals surface area contributed by atoms with Gasteiger partial charge in [-0.2, -0.15) is 0 Å².